The lowest BCUT2D eigenvalue weighted by atomic mass is 9.96. The molecule has 5 heteroatoms. The van der Waals surface area contributed by atoms with Gasteiger partial charge in [-0.3, -0.25) is 9.36 Å². The van der Waals surface area contributed by atoms with Crippen LogP contribution < -0.4 is 11.1 Å². The third-order valence-corrected chi connectivity index (χ3v) is 4.74. The van der Waals surface area contributed by atoms with Gasteiger partial charge in [0.05, 0.1) is 5.52 Å². The van der Waals surface area contributed by atoms with Crippen LogP contribution in [0.15, 0.2) is 33.5 Å². The van der Waals surface area contributed by atoms with E-state index in [1.165, 1.54) is 23.8 Å². The molecule has 23 heavy (non-hydrogen) atoms. The average molecular weight is 316 g/mol. The van der Waals surface area contributed by atoms with Gasteiger partial charge in [0.15, 0.2) is 5.58 Å². The quantitative estimate of drug-likeness (QED) is 0.944. The van der Waals surface area contributed by atoms with Crippen LogP contribution in [-0.2, 0) is 4.79 Å². The van der Waals surface area contributed by atoms with E-state index in [-0.39, 0.29) is 11.9 Å². The predicted octanol–water partition coefficient (Wildman–Crippen LogP) is 3.38. The third-order valence-electron chi connectivity index (χ3n) is 4.74. The molecule has 1 aromatic heterocycles. The van der Waals surface area contributed by atoms with Crippen molar-refractivity contribution in [2.75, 3.05) is 0 Å². The van der Waals surface area contributed by atoms with Gasteiger partial charge in [-0.25, -0.2) is 4.79 Å². The van der Waals surface area contributed by atoms with Gasteiger partial charge in [0, 0.05) is 6.04 Å². The summed E-state index contributed by atoms with van der Waals surface area (Å²) in [5.41, 5.74) is 1.18. The van der Waals surface area contributed by atoms with E-state index in [4.69, 9.17) is 4.42 Å². The monoisotopic (exact) mass is 316 g/mol. The number of para-hydroxylation sites is 2. The Morgan fingerprint density at radius 3 is 2.57 bits per heavy atom. The summed E-state index contributed by atoms with van der Waals surface area (Å²) in [6.07, 6.45) is 8.16. The molecule has 5 nitrogen and oxygen atoms in total. The first-order chi connectivity index (χ1) is 11.2. The Hall–Kier alpha value is -2.04. The van der Waals surface area contributed by atoms with E-state index < -0.39 is 11.8 Å². The number of carbonyl (C=O) groups excluding carboxylic acids is 1. The lowest BCUT2D eigenvalue weighted by Crippen LogP contribution is -2.40. The van der Waals surface area contributed by atoms with E-state index in [9.17, 15) is 9.59 Å². The van der Waals surface area contributed by atoms with Gasteiger partial charge in [-0.15, -0.1) is 0 Å². The van der Waals surface area contributed by atoms with Crippen molar-refractivity contribution >= 4 is 17.0 Å². The van der Waals surface area contributed by atoms with Crippen LogP contribution in [0.2, 0.25) is 0 Å². The molecule has 3 rings (SSSR count). The maximum atomic E-state index is 12.6. The summed E-state index contributed by atoms with van der Waals surface area (Å²) in [7, 11) is 0. The van der Waals surface area contributed by atoms with Crippen LogP contribution in [0, 0.1) is 0 Å². The van der Waals surface area contributed by atoms with Gasteiger partial charge in [0.25, 0.3) is 0 Å². The maximum Gasteiger partial charge on any atom is 0.420 e. The Kier molecular flexibility index (Phi) is 4.84. The van der Waals surface area contributed by atoms with Crippen LogP contribution in [-0.4, -0.2) is 16.5 Å². The zero-order valence-corrected chi connectivity index (χ0v) is 13.6. The number of fused-ring (bicyclic) bond motifs is 1. The number of hydrogen-bond donors (Lipinski definition) is 1. The molecule has 0 spiro atoms. The van der Waals surface area contributed by atoms with E-state index in [0.29, 0.717) is 11.1 Å². The number of carbonyl (C=O) groups is 1. The van der Waals surface area contributed by atoms with Crippen molar-refractivity contribution in [1.29, 1.82) is 0 Å². The normalized spacial score (nSPS) is 18.3. The first-order valence-corrected chi connectivity index (χ1v) is 8.57. The lowest BCUT2D eigenvalue weighted by molar-refractivity contribution is -0.124. The number of oxazole rings is 1. The van der Waals surface area contributed by atoms with Crippen molar-refractivity contribution in [3.8, 4) is 0 Å². The predicted molar refractivity (Wildman–Crippen MR) is 89.4 cm³/mol. The van der Waals surface area contributed by atoms with Crippen molar-refractivity contribution in [3.05, 3.63) is 34.8 Å². The second-order valence-electron chi connectivity index (χ2n) is 6.43. The Morgan fingerprint density at radius 2 is 1.83 bits per heavy atom. The summed E-state index contributed by atoms with van der Waals surface area (Å²) < 4.78 is 6.66. The highest BCUT2D eigenvalue weighted by atomic mass is 16.4. The molecule has 1 aliphatic rings. The minimum absolute atomic E-state index is 0.107. The molecule has 0 aliphatic heterocycles. The summed E-state index contributed by atoms with van der Waals surface area (Å²) in [6.45, 7) is 1.75. The summed E-state index contributed by atoms with van der Waals surface area (Å²) in [5.74, 6) is -0.587. The zero-order chi connectivity index (χ0) is 16.2. The Morgan fingerprint density at radius 1 is 1.17 bits per heavy atom. The van der Waals surface area contributed by atoms with E-state index in [2.05, 4.69) is 5.32 Å². The van der Waals surface area contributed by atoms with Crippen LogP contribution in [0.25, 0.3) is 11.1 Å². The fourth-order valence-electron chi connectivity index (χ4n) is 3.39. The van der Waals surface area contributed by atoms with Crippen LogP contribution >= 0.6 is 0 Å². The fraction of sp³-hybridized carbons (Fsp3) is 0.556. The largest absolute Gasteiger partial charge is 0.420 e. The molecule has 0 radical (unpaired) electrons. The number of benzene rings is 1. The second-order valence-corrected chi connectivity index (χ2v) is 6.43. The molecule has 1 aliphatic carbocycles. The molecular formula is C18H24N2O3. The van der Waals surface area contributed by atoms with E-state index in [1.54, 1.807) is 19.1 Å². The minimum atomic E-state index is -0.573. The number of nitrogens with zero attached hydrogens (tertiary/aromatic N) is 1. The molecular weight excluding hydrogens is 292 g/mol. The van der Waals surface area contributed by atoms with Crippen molar-refractivity contribution < 1.29 is 9.21 Å². The number of nitrogens with one attached hydrogen (secondary N) is 1. The smallest absolute Gasteiger partial charge is 0.408 e. The van der Waals surface area contributed by atoms with Crippen LogP contribution in [0.5, 0.6) is 0 Å². The topological polar surface area (TPSA) is 64.2 Å². The van der Waals surface area contributed by atoms with E-state index >= 15 is 0 Å². The van der Waals surface area contributed by atoms with Gasteiger partial charge in [0.1, 0.15) is 6.04 Å². The molecule has 0 saturated heterocycles. The highest BCUT2D eigenvalue weighted by Gasteiger charge is 2.23. The molecule has 1 fully saturated rings. The number of amides is 1. The zero-order valence-electron chi connectivity index (χ0n) is 13.6. The molecule has 2 aromatic rings. The van der Waals surface area contributed by atoms with Gasteiger partial charge < -0.3 is 9.73 Å². The first kappa shape index (κ1) is 15.8. The summed E-state index contributed by atoms with van der Waals surface area (Å²) >= 11 is 0. The lowest BCUT2D eigenvalue weighted by Gasteiger charge is -2.23. The molecule has 0 bridgehead atoms. The van der Waals surface area contributed by atoms with Crippen molar-refractivity contribution in [3.63, 3.8) is 0 Å². The molecule has 1 atom stereocenters. The van der Waals surface area contributed by atoms with Gasteiger partial charge in [-0.05, 0) is 31.9 Å². The highest BCUT2D eigenvalue weighted by Crippen LogP contribution is 2.19. The molecule has 1 heterocycles. The maximum absolute atomic E-state index is 12.6. The number of aromatic nitrogens is 1. The Labute approximate surface area is 135 Å². The van der Waals surface area contributed by atoms with Gasteiger partial charge >= 0.3 is 5.76 Å². The van der Waals surface area contributed by atoms with Crippen molar-refractivity contribution in [2.45, 2.75) is 64.0 Å². The second kappa shape index (κ2) is 7.02. The number of hydrogen-bond acceptors (Lipinski definition) is 3. The molecule has 1 amide bonds. The van der Waals surface area contributed by atoms with Gasteiger partial charge in [-0.1, -0.05) is 44.2 Å². The van der Waals surface area contributed by atoms with Gasteiger partial charge in [0.2, 0.25) is 5.91 Å². The molecule has 1 aromatic carbocycles. The minimum Gasteiger partial charge on any atom is -0.408 e. The summed E-state index contributed by atoms with van der Waals surface area (Å²) in [6, 6.07) is 6.85. The van der Waals surface area contributed by atoms with Crippen LogP contribution in [0.1, 0.15) is 57.9 Å². The number of rotatable bonds is 3. The first-order valence-electron chi connectivity index (χ1n) is 8.57. The Balaban J connectivity index is 1.75. The van der Waals surface area contributed by atoms with E-state index in [0.717, 1.165) is 25.7 Å². The average Bonchev–Trinajstić information content (AvgIpc) is 2.84. The third kappa shape index (κ3) is 3.49. The van der Waals surface area contributed by atoms with E-state index in [1.807, 2.05) is 12.1 Å². The standard InChI is InChI=1S/C18H24N2O3/c1-13(17(21)19-14-9-5-3-2-4-6-10-14)20-15-11-7-8-12-16(15)23-18(20)22/h7-8,11-14H,2-6,9-10H2,1H3,(H,19,21). The van der Waals surface area contributed by atoms with Crippen LogP contribution in [0.4, 0.5) is 0 Å². The highest BCUT2D eigenvalue weighted by molar-refractivity contribution is 5.83. The summed E-state index contributed by atoms with van der Waals surface area (Å²) in [4.78, 5) is 24.7. The summed E-state index contributed by atoms with van der Waals surface area (Å²) in [5, 5.41) is 3.13. The molecule has 1 N–H and O–H groups in total. The molecule has 1 unspecified atom stereocenters. The Bertz CT molecular complexity index is 723. The van der Waals surface area contributed by atoms with Gasteiger partial charge in [-0.2, -0.15) is 0 Å². The van der Waals surface area contributed by atoms with Crippen LogP contribution in [0.3, 0.4) is 0 Å². The SMILES string of the molecule is CC(C(=O)NC1CCCCCCC1)n1c(=O)oc2ccccc21. The molecule has 124 valence electrons. The van der Waals surface area contributed by atoms with Crippen molar-refractivity contribution in [1.82, 2.24) is 9.88 Å². The van der Waals surface area contributed by atoms with Crippen molar-refractivity contribution in [2.24, 2.45) is 0 Å². The fourth-order valence-corrected chi connectivity index (χ4v) is 3.39. The molecule has 1 saturated carbocycles.